The lowest BCUT2D eigenvalue weighted by molar-refractivity contribution is 0.0698. The van der Waals surface area contributed by atoms with Crippen molar-refractivity contribution in [3.63, 3.8) is 0 Å². The Morgan fingerprint density at radius 3 is 2.73 bits per heavy atom. The number of aromatic nitrogens is 3. The predicted molar refractivity (Wildman–Crippen MR) is 80.2 cm³/mol. The molecule has 1 aromatic carbocycles. The summed E-state index contributed by atoms with van der Waals surface area (Å²) in [6, 6.07) is 12.8. The van der Waals surface area contributed by atoms with Crippen molar-refractivity contribution in [3.05, 3.63) is 60.0 Å². The fraction of sp³-hybridized carbons (Fsp3) is 0.188. The molecule has 0 aliphatic heterocycles. The molecule has 6 nitrogen and oxygen atoms in total. The van der Waals surface area contributed by atoms with Gasteiger partial charge in [0.15, 0.2) is 5.65 Å². The number of carboxylic acids is 1. The van der Waals surface area contributed by atoms with Crippen LogP contribution in [0.25, 0.3) is 5.65 Å². The molecule has 3 aromatic rings. The summed E-state index contributed by atoms with van der Waals surface area (Å²) in [6.45, 7) is 0.567. The molecule has 6 heteroatoms. The Labute approximate surface area is 127 Å². The summed E-state index contributed by atoms with van der Waals surface area (Å²) in [4.78, 5) is 11.1. The maximum Gasteiger partial charge on any atom is 0.339 e. The van der Waals surface area contributed by atoms with Gasteiger partial charge in [-0.05, 0) is 30.7 Å². The lowest BCUT2D eigenvalue weighted by atomic mass is 10.2. The van der Waals surface area contributed by atoms with Gasteiger partial charge in [-0.2, -0.15) is 0 Å². The summed E-state index contributed by atoms with van der Waals surface area (Å²) in [5.74, 6) is 0.563. The number of carboxylic acid groups (broad SMARTS) is 1. The smallest absolute Gasteiger partial charge is 0.339 e. The molecule has 0 fully saturated rings. The number of benzene rings is 1. The third kappa shape index (κ3) is 2.90. The molecule has 0 saturated heterocycles. The van der Waals surface area contributed by atoms with Crippen LogP contribution in [0.5, 0.6) is 5.75 Å². The van der Waals surface area contributed by atoms with Gasteiger partial charge in [-0.1, -0.05) is 18.2 Å². The number of hydrogen-bond acceptors (Lipinski definition) is 4. The third-order valence-electron chi connectivity index (χ3n) is 3.29. The molecule has 0 amide bonds. The van der Waals surface area contributed by atoms with Gasteiger partial charge in [0.2, 0.25) is 0 Å². The van der Waals surface area contributed by atoms with E-state index < -0.39 is 5.97 Å². The summed E-state index contributed by atoms with van der Waals surface area (Å²) in [7, 11) is 0. The van der Waals surface area contributed by atoms with Crippen LogP contribution >= 0.6 is 0 Å². The van der Waals surface area contributed by atoms with Crippen LogP contribution in [0.4, 0.5) is 0 Å². The van der Waals surface area contributed by atoms with Crippen LogP contribution in [0, 0.1) is 0 Å². The van der Waals surface area contributed by atoms with Crippen molar-refractivity contribution in [3.8, 4) is 5.75 Å². The zero-order valence-electron chi connectivity index (χ0n) is 11.8. The Kier molecular flexibility index (Phi) is 4.00. The van der Waals surface area contributed by atoms with E-state index >= 15 is 0 Å². The Balaban J connectivity index is 1.65. The van der Waals surface area contributed by atoms with Gasteiger partial charge in [0.1, 0.15) is 17.1 Å². The Morgan fingerprint density at radius 1 is 1.14 bits per heavy atom. The van der Waals surface area contributed by atoms with Gasteiger partial charge in [-0.3, -0.25) is 4.40 Å². The van der Waals surface area contributed by atoms with E-state index in [-0.39, 0.29) is 5.56 Å². The first-order chi connectivity index (χ1) is 10.8. The number of hydrogen-bond donors (Lipinski definition) is 1. The Morgan fingerprint density at radius 2 is 1.95 bits per heavy atom. The van der Waals surface area contributed by atoms with E-state index in [4.69, 9.17) is 9.84 Å². The number of para-hydroxylation sites is 1. The summed E-state index contributed by atoms with van der Waals surface area (Å²) >= 11 is 0. The van der Waals surface area contributed by atoms with Crippen molar-refractivity contribution in [1.29, 1.82) is 0 Å². The minimum absolute atomic E-state index is 0.154. The molecule has 112 valence electrons. The van der Waals surface area contributed by atoms with Gasteiger partial charge in [-0.25, -0.2) is 4.79 Å². The topological polar surface area (TPSA) is 76.7 Å². The minimum Gasteiger partial charge on any atom is -0.494 e. The van der Waals surface area contributed by atoms with Crippen molar-refractivity contribution in [2.45, 2.75) is 12.8 Å². The molecule has 3 rings (SSSR count). The molecule has 22 heavy (non-hydrogen) atoms. The number of nitrogens with zero attached hydrogens (tertiary/aromatic N) is 3. The molecule has 1 N–H and O–H groups in total. The fourth-order valence-corrected chi connectivity index (χ4v) is 2.24. The van der Waals surface area contributed by atoms with E-state index in [1.807, 2.05) is 30.3 Å². The molecule has 0 aliphatic carbocycles. The van der Waals surface area contributed by atoms with Gasteiger partial charge in [0, 0.05) is 12.6 Å². The maximum atomic E-state index is 11.1. The van der Waals surface area contributed by atoms with Crippen LogP contribution in [-0.4, -0.2) is 32.3 Å². The molecule has 0 aliphatic rings. The molecule has 0 spiro atoms. The van der Waals surface area contributed by atoms with E-state index in [1.54, 1.807) is 16.7 Å². The van der Waals surface area contributed by atoms with Crippen molar-refractivity contribution >= 4 is 11.6 Å². The van der Waals surface area contributed by atoms with Crippen LogP contribution in [0.3, 0.4) is 0 Å². The highest BCUT2D eigenvalue weighted by Gasteiger charge is 2.13. The normalized spacial score (nSPS) is 10.7. The van der Waals surface area contributed by atoms with Gasteiger partial charge in [0.25, 0.3) is 0 Å². The number of carbonyl (C=O) groups is 1. The van der Waals surface area contributed by atoms with Crippen LogP contribution in [-0.2, 0) is 6.42 Å². The van der Waals surface area contributed by atoms with Crippen molar-refractivity contribution in [2.75, 3.05) is 6.61 Å². The van der Waals surface area contributed by atoms with Crippen LogP contribution in [0.15, 0.2) is 48.7 Å². The number of aryl methyl sites for hydroxylation is 1. The van der Waals surface area contributed by atoms with Gasteiger partial charge < -0.3 is 9.84 Å². The SMILES string of the molecule is O=C(O)c1cccn2c(CCCOc3ccccc3)nnc12. The quantitative estimate of drug-likeness (QED) is 0.707. The lowest BCUT2D eigenvalue weighted by Gasteiger charge is -2.05. The second kappa shape index (κ2) is 6.26. The van der Waals surface area contributed by atoms with Crippen molar-refractivity contribution in [1.82, 2.24) is 14.6 Å². The van der Waals surface area contributed by atoms with E-state index in [1.165, 1.54) is 6.07 Å². The number of rotatable bonds is 6. The molecule has 0 atom stereocenters. The summed E-state index contributed by atoms with van der Waals surface area (Å²) in [5.41, 5.74) is 0.524. The van der Waals surface area contributed by atoms with Crippen molar-refractivity contribution in [2.24, 2.45) is 0 Å². The first-order valence-electron chi connectivity index (χ1n) is 6.99. The first kappa shape index (κ1) is 14.1. The van der Waals surface area contributed by atoms with Crippen molar-refractivity contribution < 1.29 is 14.6 Å². The zero-order chi connectivity index (χ0) is 15.4. The van der Waals surface area contributed by atoms with E-state index in [9.17, 15) is 4.79 Å². The second-order valence-electron chi connectivity index (χ2n) is 4.80. The minimum atomic E-state index is -1.00. The van der Waals surface area contributed by atoms with Gasteiger partial charge in [-0.15, -0.1) is 10.2 Å². The molecule has 0 radical (unpaired) electrons. The summed E-state index contributed by atoms with van der Waals surface area (Å²) < 4.78 is 7.34. The lowest BCUT2D eigenvalue weighted by Crippen LogP contribution is -2.04. The Hall–Kier alpha value is -2.89. The zero-order valence-corrected chi connectivity index (χ0v) is 11.8. The molecule has 0 unspecified atom stereocenters. The molecule has 2 aromatic heterocycles. The number of pyridine rings is 1. The van der Waals surface area contributed by atoms with Crippen LogP contribution < -0.4 is 4.74 Å². The standard InChI is InChI=1S/C16H15N3O3/c20-16(21)13-8-4-10-19-14(17-18-15(13)19)9-5-11-22-12-6-2-1-3-7-12/h1-4,6-8,10H,5,9,11H2,(H,20,21). The van der Waals surface area contributed by atoms with E-state index in [0.29, 0.717) is 18.7 Å². The monoisotopic (exact) mass is 297 g/mol. The summed E-state index contributed by atoms with van der Waals surface area (Å²) in [6.07, 6.45) is 3.21. The van der Waals surface area contributed by atoms with Gasteiger partial charge in [0.05, 0.1) is 6.61 Å². The maximum absolute atomic E-state index is 11.1. The van der Waals surface area contributed by atoms with E-state index in [0.717, 1.165) is 18.0 Å². The highest BCUT2D eigenvalue weighted by Crippen LogP contribution is 2.12. The molecule has 0 saturated carbocycles. The van der Waals surface area contributed by atoms with Gasteiger partial charge >= 0.3 is 5.97 Å². The highest BCUT2D eigenvalue weighted by molar-refractivity contribution is 5.94. The summed E-state index contributed by atoms with van der Waals surface area (Å²) in [5, 5.41) is 17.2. The first-order valence-corrected chi connectivity index (χ1v) is 6.99. The number of ether oxygens (including phenoxy) is 1. The van der Waals surface area contributed by atoms with Crippen LogP contribution in [0.2, 0.25) is 0 Å². The average molecular weight is 297 g/mol. The third-order valence-corrected chi connectivity index (χ3v) is 3.29. The molecular weight excluding hydrogens is 282 g/mol. The largest absolute Gasteiger partial charge is 0.494 e. The second-order valence-corrected chi connectivity index (χ2v) is 4.80. The molecule has 0 bridgehead atoms. The average Bonchev–Trinajstić information content (AvgIpc) is 2.95. The number of fused-ring (bicyclic) bond motifs is 1. The fourth-order valence-electron chi connectivity index (χ4n) is 2.24. The molecule has 2 heterocycles. The van der Waals surface area contributed by atoms with Crippen LogP contribution in [0.1, 0.15) is 22.6 Å². The Bertz CT molecular complexity index is 784. The highest BCUT2D eigenvalue weighted by atomic mass is 16.5. The molecular formula is C16H15N3O3. The predicted octanol–water partition coefficient (Wildman–Crippen LogP) is 2.44. The van der Waals surface area contributed by atoms with E-state index in [2.05, 4.69) is 10.2 Å². The number of aromatic carboxylic acids is 1.